The van der Waals surface area contributed by atoms with Gasteiger partial charge in [0.15, 0.2) is 5.60 Å². The van der Waals surface area contributed by atoms with Crippen LogP contribution in [0.3, 0.4) is 0 Å². The summed E-state index contributed by atoms with van der Waals surface area (Å²) >= 11 is 0. The Kier molecular flexibility index (Phi) is 4.25. The van der Waals surface area contributed by atoms with E-state index in [9.17, 15) is 9.59 Å². The van der Waals surface area contributed by atoms with Gasteiger partial charge in [0.2, 0.25) is 0 Å². The Labute approximate surface area is 147 Å². The van der Waals surface area contributed by atoms with Crippen molar-refractivity contribution in [3.05, 3.63) is 59.2 Å². The van der Waals surface area contributed by atoms with Gasteiger partial charge in [-0.25, -0.2) is 4.79 Å². The van der Waals surface area contributed by atoms with Crippen LogP contribution in [-0.2, 0) is 16.1 Å². The molecule has 130 valence electrons. The third-order valence-corrected chi connectivity index (χ3v) is 4.25. The molecule has 2 aromatic carbocycles. The predicted octanol–water partition coefficient (Wildman–Crippen LogP) is 3.49. The number of carbonyl (C=O) groups excluding carboxylic acids is 2. The number of ether oxygens (including phenoxy) is 2. The van der Waals surface area contributed by atoms with Crippen LogP contribution in [-0.4, -0.2) is 24.6 Å². The molecule has 3 rings (SSSR count). The summed E-state index contributed by atoms with van der Waals surface area (Å²) in [5.41, 5.74) is 2.30. The molecule has 5 nitrogen and oxygen atoms in total. The lowest BCUT2D eigenvalue weighted by atomic mass is 10.0. The van der Waals surface area contributed by atoms with Gasteiger partial charge in [-0.2, -0.15) is 0 Å². The van der Waals surface area contributed by atoms with Crippen LogP contribution in [0.1, 0.15) is 35.3 Å². The Morgan fingerprint density at radius 1 is 1.16 bits per heavy atom. The molecular weight excluding hydrogens is 318 g/mol. The number of esters is 1. The van der Waals surface area contributed by atoms with E-state index < -0.39 is 5.60 Å². The number of aryl methyl sites for hydroxylation is 1. The average molecular weight is 339 g/mol. The zero-order valence-corrected chi connectivity index (χ0v) is 14.8. The van der Waals surface area contributed by atoms with Crippen LogP contribution in [0.4, 0.5) is 5.69 Å². The predicted molar refractivity (Wildman–Crippen MR) is 94.9 cm³/mol. The summed E-state index contributed by atoms with van der Waals surface area (Å²) in [4.78, 5) is 26.2. The van der Waals surface area contributed by atoms with Gasteiger partial charge in [-0.3, -0.25) is 4.79 Å². The fraction of sp³-hybridized carbons (Fsp3) is 0.300. The molecule has 0 bridgehead atoms. The van der Waals surface area contributed by atoms with Gasteiger partial charge >= 0.3 is 5.97 Å². The molecule has 0 atom stereocenters. The molecule has 0 fully saturated rings. The maximum atomic E-state index is 12.9. The Morgan fingerprint density at radius 3 is 2.48 bits per heavy atom. The lowest BCUT2D eigenvalue weighted by Gasteiger charge is -2.39. The fourth-order valence-corrected chi connectivity index (χ4v) is 2.88. The summed E-state index contributed by atoms with van der Waals surface area (Å²) in [5.74, 6) is 0.222. The smallest absolute Gasteiger partial charge is 0.337 e. The Bertz CT molecular complexity index is 824. The van der Waals surface area contributed by atoms with Gasteiger partial charge in [0.05, 0.1) is 24.9 Å². The second-order valence-corrected chi connectivity index (χ2v) is 6.66. The maximum absolute atomic E-state index is 12.9. The van der Waals surface area contributed by atoms with E-state index in [4.69, 9.17) is 9.47 Å². The molecule has 0 saturated heterocycles. The van der Waals surface area contributed by atoms with Crippen molar-refractivity contribution in [1.29, 1.82) is 0 Å². The van der Waals surface area contributed by atoms with E-state index in [1.54, 1.807) is 30.9 Å². The first kappa shape index (κ1) is 17.0. The van der Waals surface area contributed by atoms with E-state index in [2.05, 4.69) is 0 Å². The van der Waals surface area contributed by atoms with E-state index in [-0.39, 0.29) is 11.9 Å². The van der Waals surface area contributed by atoms with Crippen LogP contribution >= 0.6 is 0 Å². The van der Waals surface area contributed by atoms with Gasteiger partial charge in [-0.1, -0.05) is 18.2 Å². The number of methoxy groups -OCH3 is 1. The van der Waals surface area contributed by atoms with Crippen LogP contribution in [0.15, 0.2) is 42.5 Å². The molecule has 0 aliphatic carbocycles. The molecule has 1 heterocycles. The first-order chi connectivity index (χ1) is 11.8. The van der Waals surface area contributed by atoms with Crippen molar-refractivity contribution >= 4 is 17.6 Å². The average Bonchev–Trinajstić information content (AvgIpc) is 2.59. The van der Waals surface area contributed by atoms with E-state index in [1.165, 1.54) is 7.11 Å². The molecule has 25 heavy (non-hydrogen) atoms. The number of anilines is 1. The van der Waals surface area contributed by atoms with E-state index in [1.807, 2.05) is 37.3 Å². The molecule has 2 aromatic rings. The zero-order chi connectivity index (χ0) is 18.2. The molecule has 1 amide bonds. The minimum absolute atomic E-state index is 0.0948. The van der Waals surface area contributed by atoms with Crippen LogP contribution in [0.25, 0.3) is 0 Å². The van der Waals surface area contributed by atoms with Gasteiger partial charge in [0.25, 0.3) is 5.91 Å². The number of nitrogens with zero attached hydrogens (tertiary/aromatic N) is 1. The molecule has 0 N–H and O–H groups in total. The van der Waals surface area contributed by atoms with Crippen molar-refractivity contribution in [2.75, 3.05) is 12.0 Å². The van der Waals surface area contributed by atoms with Crippen molar-refractivity contribution in [3.8, 4) is 5.75 Å². The number of rotatable bonds is 3. The Balaban J connectivity index is 1.94. The quantitative estimate of drug-likeness (QED) is 0.803. The van der Waals surface area contributed by atoms with Crippen molar-refractivity contribution in [3.63, 3.8) is 0 Å². The number of hydrogen-bond donors (Lipinski definition) is 0. The summed E-state index contributed by atoms with van der Waals surface area (Å²) in [6.07, 6.45) is 0. The van der Waals surface area contributed by atoms with Gasteiger partial charge in [0, 0.05) is 0 Å². The topological polar surface area (TPSA) is 55.8 Å². The number of fused-ring (bicyclic) bond motifs is 1. The third kappa shape index (κ3) is 3.22. The van der Waals surface area contributed by atoms with E-state index >= 15 is 0 Å². The minimum atomic E-state index is -0.922. The maximum Gasteiger partial charge on any atom is 0.337 e. The number of hydrogen-bond acceptors (Lipinski definition) is 4. The van der Waals surface area contributed by atoms with Crippen molar-refractivity contribution in [1.82, 2.24) is 0 Å². The summed E-state index contributed by atoms with van der Waals surface area (Å²) in [7, 11) is 1.35. The molecule has 0 aromatic heterocycles. The van der Waals surface area contributed by atoms with Crippen molar-refractivity contribution in [2.24, 2.45) is 0 Å². The van der Waals surface area contributed by atoms with E-state index in [0.29, 0.717) is 17.9 Å². The Morgan fingerprint density at radius 2 is 1.84 bits per heavy atom. The summed E-state index contributed by atoms with van der Waals surface area (Å²) in [5, 5.41) is 0. The van der Waals surface area contributed by atoms with Crippen LogP contribution in [0, 0.1) is 6.92 Å². The molecule has 0 saturated carbocycles. The summed E-state index contributed by atoms with van der Waals surface area (Å²) < 4.78 is 10.6. The highest BCUT2D eigenvalue weighted by molar-refractivity contribution is 6.02. The van der Waals surface area contributed by atoms with Gasteiger partial charge in [-0.15, -0.1) is 0 Å². The van der Waals surface area contributed by atoms with Crippen LogP contribution in [0.5, 0.6) is 5.75 Å². The minimum Gasteiger partial charge on any atom is -0.476 e. The first-order valence-electron chi connectivity index (χ1n) is 8.11. The highest BCUT2D eigenvalue weighted by atomic mass is 16.5. The van der Waals surface area contributed by atoms with Crippen LogP contribution < -0.4 is 9.64 Å². The number of carbonyl (C=O) groups is 2. The van der Waals surface area contributed by atoms with Crippen LogP contribution in [0.2, 0.25) is 0 Å². The second kappa shape index (κ2) is 6.24. The highest BCUT2D eigenvalue weighted by Gasteiger charge is 2.40. The largest absolute Gasteiger partial charge is 0.476 e. The lowest BCUT2D eigenvalue weighted by molar-refractivity contribution is -0.132. The highest BCUT2D eigenvalue weighted by Crippen LogP contribution is 2.39. The van der Waals surface area contributed by atoms with Crippen molar-refractivity contribution in [2.45, 2.75) is 32.9 Å². The van der Waals surface area contributed by atoms with Gasteiger partial charge in [0.1, 0.15) is 5.75 Å². The molecule has 1 aliphatic rings. The lowest BCUT2D eigenvalue weighted by Crippen LogP contribution is -2.52. The van der Waals surface area contributed by atoms with Gasteiger partial charge < -0.3 is 14.4 Å². The zero-order valence-electron chi connectivity index (χ0n) is 14.8. The standard InChI is InChI=1S/C20H21NO4/c1-13-5-10-17-16(11-13)21(19(23)20(2,3)25-17)12-14-6-8-15(9-7-14)18(22)24-4/h5-11H,12H2,1-4H3. The molecule has 0 unspecified atom stereocenters. The Hall–Kier alpha value is -2.82. The summed E-state index contributed by atoms with van der Waals surface area (Å²) in [6, 6.07) is 12.9. The normalized spacial score (nSPS) is 15.4. The first-order valence-corrected chi connectivity index (χ1v) is 8.11. The molecular formula is C20H21NO4. The summed E-state index contributed by atoms with van der Waals surface area (Å²) in [6.45, 7) is 5.92. The molecule has 0 spiro atoms. The third-order valence-electron chi connectivity index (χ3n) is 4.25. The number of benzene rings is 2. The van der Waals surface area contributed by atoms with Gasteiger partial charge in [-0.05, 0) is 56.2 Å². The number of amides is 1. The molecule has 1 aliphatic heterocycles. The van der Waals surface area contributed by atoms with E-state index in [0.717, 1.165) is 16.8 Å². The van der Waals surface area contributed by atoms with Crippen molar-refractivity contribution < 1.29 is 19.1 Å². The SMILES string of the molecule is COC(=O)c1ccc(CN2C(=O)C(C)(C)Oc3ccc(C)cc32)cc1. The molecule has 0 radical (unpaired) electrons. The fourth-order valence-electron chi connectivity index (χ4n) is 2.88. The molecule has 5 heteroatoms. The monoisotopic (exact) mass is 339 g/mol. The second-order valence-electron chi connectivity index (χ2n) is 6.66.